The van der Waals surface area contributed by atoms with Crippen LogP contribution >= 0.6 is 0 Å². The minimum absolute atomic E-state index is 0.409. The molecule has 0 amide bonds. The molecule has 0 atom stereocenters. The van der Waals surface area contributed by atoms with Crippen LogP contribution in [0.2, 0.25) is 0 Å². The van der Waals surface area contributed by atoms with Crippen LogP contribution in [0.25, 0.3) is 28.3 Å². The van der Waals surface area contributed by atoms with Crippen LogP contribution in [0.15, 0.2) is 212 Å². The van der Waals surface area contributed by atoms with Crippen LogP contribution in [-0.4, -0.2) is 18.3 Å². The third-order valence-corrected chi connectivity index (χ3v) is 11.8. The second-order valence-electron chi connectivity index (χ2n) is 16.6. The largest absolute Gasteiger partial charge is 0.494 e. The van der Waals surface area contributed by atoms with Gasteiger partial charge in [-0.05, 0) is 130 Å². The highest BCUT2D eigenvalue weighted by Gasteiger charge is 2.51. The van der Waals surface area contributed by atoms with Crippen LogP contribution in [0.1, 0.15) is 45.7 Å². The first kappa shape index (κ1) is 41.1. The van der Waals surface area contributed by atoms with Gasteiger partial charge < -0.3 is 19.1 Å². The van der Waals surface area contributed by atoms with Gasteiger partial charge in [-0.1, -0.05) is 157 Å². The Labute approximate surface area is 362 Å². The Hall–Kier alpha value is -6.66. The van der Waals surface area contributed by atoms with Gasteiger partial charge in [-0.3, -0.25) is 0 Å². The number of aryl methyl sites for hydroxylation is 1. The number of hydrogen-bond donors (Lipinski definition) is 0. The van der Waals surface area contributed by atoms with Crippen LogP contribution in [0, 0.1) is 6.92 Å². The molecule has 302 valence electrons. The molecule has 0 aliphatic carbocycles. The van der Waals surface area contributed by atoms with Gasteiger partial charge in [0, 0.05) is 34.0 Å². The topological polar surface area (TPSA) is 24.9 Å². The molecule has 0 radical (unpaired) electrons. The first-order chi connectivity index (χ1) is 29.6. The van der Waals surface area contributed by atoms with Crippen LogP contribution in [0.5, 0.6) is 0 Å². The van der Waals surface area contributed by atoms with Crippen LogP contribution in [-0.2, 0) is 9.31 Å². The lowest BCUT2D eigenvalue weighted by molar-refractivity contribution is 0.00578. The summed E-state index contributed by atoms with van der Waals surface area (Å²) in [6, 6.07) is 64.6. The van der Waals surface area contributed by atoms with E-state index < -0.39 is 18.3 Å². The number of nitrogens with zero attached hydrogens (tertiary/aromatic N) is 2. The van der Waals surface area contributed by atoms with E-state index in [2.05, 4.69) is 258 Å². The molecule has 1 fully saturated rings. The summed E-state index contributed by atoms with van der Waals surface area (Å²) in [5.74, 6) is 0. The van der Waals surface area contributed by atoms with Crippen LogP contribution < -0.4 is 15.3 Å². The zero-order chi connectivity index (χ0) is 42.4. The van der Waals surface area contributed by atoms with Gasteiger partial charge in [0.05, 0.1) is 16.9 Å². The lowest BCUT2D eigenvalue weighted by Gasteiger charge is -2.32. The summed E-state index contributed by atoms with van der Waals surface area (Å²) in [5.41, 5.74) is 13.7. The fourth-order valence-electron chi connectivity index (χ4n) is 7.64. The van der Waals surface area contributed by atoms with Gasteiger partial charge in [-0.25, -0.2) is 0 Å². The predicted molar refractivity (Wildman–Crippen MR) is 259 cm³/mol. The Morgan fingerprint density at radius 2 is 0.984 bits per heavy atom. The van der Waals surface area contributed by atoms with Crippen molar-refractivity contribution < 1.29 is 9.31 Å². The minimum atomic E-state index is -0.428. The third-order valence-electron chi connectivity index (χ3n) is 11.8. The SMILES string of the molecule is C\C(=C/C=C\C=C\c1ccccc1)N(c1ccc(C)cc1)c1ccc(-c2ccc(N(c3ccc(B4OC(C)(C)C(C)(C)O4)cc3)c3ccccc3-c3ccccc3)cc2)cc1. The molecule has 0 bridgehead atoms. The van der Waals surface area contributed by atoms with E-state index in [0.29, 0.717) is 0 Å². The van der Waals surface area contributed by atoms with Crippen molar-refractivity contribution in [1.29, 1.82) is 0 Å². The Balaban J connectivity index is 1.09. The van der Waals surface area contributed by atoms with Crippen molar-refractivity contribution in [2.75, 3.05) is 9.80 Å². The molecule has 1 saturated heterocycles. The van der Waals surface area contributed by atoms with Crippen molar-refractivity contribution >= 4 is 47.1 Å². The maximum absolute atomic E-state index is 6.40. The maximum atomic E-state index is 6.40. The van der Waals surface area contributed by atoms with Gasteiger partial charge in [0.25, 0.3) is 0 Å². The number of rotatable bonds is 12. The second-order valence-corrected chi connectivity index (χ2v) is 16.6. The molecular formula is C56H53BN2O2. The average Bonchev–Trinajstić information content (AvgIpc) is 3.51. The molecule has 61 heavy (non-hydrogen) atoms. The number of benzene rings is 7. The van der Waals surface area contributed by atoms with Gasteiger partial charge in [-0.15, -0.1) is 0 Å². The lowest BCUT2D eigenvalue weighted by Crippen LogP contribution is -2.41. The number of hydrogen-bond acceptors (Lipinski definition) is 4. The molecule has 0 N–H and O–H groups in total. The summed E-state index contributed by atoms with van der Waals surface area (Å²) in [4.78, 5) is 4.64. The van der Waals surface area contributed by atoms with Gasteiger partial charge in [0.2, 0.25) is 0 Å². The monoisotopic (exact) mass is 796 g/mol. The summed E-state index contributed by atoms with van der Waals surface area (Å²) >= 11 is 0. The van der Waals surface area contributed by atoms with Crippen LogP contribution in [0.4, 0.5) is 28.4 Å². The zero-order valence-electron chi connectivity index (χ0n) is 36.0. The Morgan fingerprint density at radius 1 is 0.492 bits per heavy atom. The smallest absolute Gasteiger partial charge is 0.399 e. The fourth-order valence-corrected chi connectivity index (χ4v) is 7.64. The molecule has 7 aromatic carbocycles. The summed E-state index contributed by atoms with van der Waals surface area (Å²) in [7, 11) is -0.428. The van der Waals surface area contributed by atoms with Crippen molar-refractivity contribution in [2.24, 2.45) is 0 Å². The normalized spacial score (nSPS) is 14.8. The predicted octanol–water partition coefficient (Wildman–Crippen LogP) is 14.4. The first-order valence-electron chi connectivity index (χ1n) is 21.1. The maximum Gasteiger partial charge on any atom is 0.494 e. The third kappa shape index (κ3) is 9.24. The molecule has 0 saturated carbocycles. The molecule has 1 heterocycles. The van der Waals surface area contributed by atoms with Crippen molar-refractivity contribution in [1.82, 2.24) is 0 Å². The molecule has 0 spiro atoms. The Kier molecular flexibility index (Phi) is 12.1. The van der Waals surface area contributed by atoms with E-state index >= 15 is 0 Å². The molecule has 4 nitrogen and oxygen atoms in total. The van der Waals surface area contributed by atoms with E-state index in [9.17, 15) is 0 Å². The van der Waals surface area contributed by atoms with Crippen LogP contribution in [0.3, 0.4) is 0 Å². The van der Waals surface area contributed by atoms with Gasteiger partial charge in [-0.2, -0.15) is 0 Å². The Morgan fingerprint density at radius 3 is 1.57 bits per heavy atom. The molecule has 5 heteroatoms. The van der Waals surface area contributed by atoms with E-state index in [4.69, 9.17) is 9.31 Å². The molecular weight excluding hydrogens is 743 g/mol. The standard InChI is InChI=1S/C56H53BN2O2/c1-42-26-34-49(35-27-42)58(43(2)18-10-7-11-19-44-20-12-8-13-21-44)50-36-28-45(29-37-50)46-30-38-51(39-31-46)59(54-25-17-16-24-53(54)47-22-14-9-15-23-47)52-40-32-48(33-41-52)57-60-55(3,4)56(5,6)61-57/h7-41H,1-6H3/b10-7-,19-11+,43-18+. The van der Waals surface area contributed by atoms with E-state index in [0.717, 1.165) is 61.9 Å². The highest BCUT2D eigenvalue weighted by atomic mass is 16.7. The number of anilines is 5. The summed E-state index contributed by atoms with van der Waals surface area (Å²) < 4.78 is 12.8. The van der Waals surface area contributed by atoms with E-state index in [1.807, 2.05) is 6.07 Å². The first-order valence-corrected chi connectivity index (χ1v) is 21.1. The van der Waals surface area contributed by atoms with E-state index in [1.54, 1.807) is 0 Å². The molecule has 1 aliphatic heterocycles. The summed E-state index contributed by atoms with van der Waals surface area (Å²) in [5, 5.41) is 0. The van der Waals surface area contributed by atoms with Crippen molar-refractivity contribution in [3.63, 3.8) is 0 Å². The van der Waals surface area contributed by atoms with Gasteiger partial charge in [0.1, 0.15) is 0 Å². The molecule has 7 aromatic rings. The number of para-hydroxylation sites is 1. The fraction of sp³-hybridized carbons (Fsp3) is 0.143. The van der Waals surface area contributed by atoms with E-state index in [1.165, 1.54) is 11.1 Å². The average molecular weight is 797 g/mol. The summed E-state index contributed by atoms with van der Waals surface area (Å²) in [6.07, 6.45) is 10.5. The highest BCUT2D eigenvalue weighted by molar-refractivity contribution is 6.62. The second kappa shape index (κ2) is 17.9. The quantitative estimate of drug-likeness (QED) is 0.0908. The molecule has 0 unspecified atom stereocenters. The van der Waals surface area contributed by atoms with E-state index in [-0.39, 0.29) is 0 Å². The minimum Gasteiger partial charge on any atom is -0.399 e. The van der Waals surface area contributed by atoms with Gasteiger partial charge in [0.15, 0.2) is 0 Å². The van der Waals surface area contributed by atoms with Crippen molar-refractivity contribution in [3.05, 3.63) is 223 Å². The van der Waals surface area contributed by atoms with Crippen molar-refractivity contribution in [2.45, 2.75) is 52.7 Å². The molecule has 8 rings (SSSR count). The molecule has 1 aliphatic rings. The summed E-state index contributed by atoms with van der Waals surface area (Å²) in [6.45, 7) is 12.6. The number of allylic oxidation sites excluding steroid dienone is 5. The Bertz CT molecular complexity index is 2610. The zero-order valence-corrected chi connectivity index (χ0v) is 36.0. The highest BCUT2D eigenvalue weighted by Crippen LogP contribution is 2.42. The lowest BCUT2D eigenvalue weighted by atomic mass is 9.79. The molecule has 0 aromatic heterocycles. The van der Waals surface area contributed by atoms with Gasteiger partial charge >= 0.3 is 7.12 Å². The van der Waals surface area contributed by atoms with Crippen molar-refractivity contribution in [3.8, 4) is 22.3 Å².